The molecule has 6 nitrogen and oxygen atoms in total. The Morgan fingerprint density at radius 2 is 0.974 bits per heavy atom. The van der Waals surface area contributed by atoms with Gasteiger partial charge in [0.2, 0.25) is 5.82 Å². The van der Waals surface area contributed by atoms with Crippen molar-refractivity contribution < 1.29 is 39.0 Å². The molecule has 0 aliphatic rings. The van der Waals surface area contributed by atoms with Gasteiger partial charge in [0.15, 0.2) is 23.3 Å². The molecule has 0 bridgehead atoms. The van der Waals surface area contributed by atoms with Crippen LogP contribution in [0.15, 0.2) is 50.7 Å². The van der Waals surface area contributed by atoms with Crippen molar-refractivity contribution in [1.82, 2.24) is 9.80 Å². The van der Waals surface area contributed by atoms with E-state index in [0.29, 0.717) is 26.2 Å². The first kappa shape index (κ1) is 33.4. The van der Waals surface area contributed by atoms with Gasteiger partial charge in [0.1, 0.15) is 11.4 Å². The van der Waals surface area contributed by atoms with E-state index >= 15 is 0 Å². The molecule has 0 heterocycles. The van der Waals surface area contributed by atoms with Crippen LogP contribution in [-0.4, -0.2) is 57.7 Å². The van der Waals surface area contributed by atoms with Gasteiger partial charge >= 0.3 is 17.1 Å². The van der Waals surface area contributed by atoms with Crippen LogP contribution in [0.4, 0.5) is 22.0 Å². The zero-order valence-corrected chi connectivity index (χ0v) is 23.5. The predicted molar refractivity (Wildman–Crippen MR) is 141 cm³/mol. The van der Waals surface area contributed by atoms with Crippen molar-refractivity contribution in [3.05, 3.63) is 70.5 Å². The van der Waals surface area contributed by atoms with Gasteiger partial charge in [-0.1, -0.05) is 30.3 Å². The number of hydrogen-bond acceptors (Lipinski definition) is 6. The summed E-state index contributed by atoms with van der Waals surface area (Å²) >= 11 is 10.5. The first-order valence-corrected chi connectivity index (χ1v) is 12.2. The van der Waals surface area contributed by atoms with Crippen molar-refractivity contribution in [2.45, 2.75) is 27.7 Å². The third kappa shape index (κ3) is 7.68. The maximum atomic E-state index is 15.0. The summed E-state index contributed by atoms with van der Waals surface area (Å²) in [5.74, 6) is -10.8. The molecule has 0 aliphatic carbocycles. The molecule has 38 heavy (non-hydrogen) atoms. The third-order valence-electron chi connectivity index (χ3n) is 5.26. The molecule has 0 spiro atoms. The Labute approximate surface area is 240 Å². The molecule has 0 N–H and O–H groups in total. The van der Waals surface area contributed by atoms with Crippen molar-refractivity contribution in [2.75, 3.05) is 26.2 Å². The van der Waals surface area contributed by atoms with Crippen molar-refractivity contribution in [1.29, 1.82) is 0 Å². The minimum absolute atomic E-state index is 0. The van der Waals surface area contributed by atoms with Crippen molar-refractivity contribution in [3.8, 4) is 0 Å². The van der Waals surface area contributed by atoms with Crippen molar-refractivity contribution in [2.24, 2.45) is 20.4 Å². The van der Waals surface area contributed by atoms with Gasteiger partial charge in [0, 0.05) is 42.1 Å². The van der Waals surface area contributed by atoms with Crippen LogP contribution in [0.25, 0.3) is 0 Å². The fourth-order valence-corrected chi connectivity index (χ4v) is 3.76. The third-order valence-corrected chi connectivity index (χ3v) is 5.94. The number of nitrogens with zero attached hydrogens (tertiary/aromatic N) is 6. The van der Waals surface area contributed by atoms with Crippen LogP contribution in [0.3, 0.4) is 0 Å². The van der Waals surface area contributed by atoms with Crippen LogP contribution in [0.2, 0.25) is 0 Å². The number of halogens is 5. The Morgan fingerprint density at radius 1 is 0.605 bits per heavy atom. The monoisotopic (exact) mass is 619 g/mol. The summed E-state index contributed by atoms with van der Waals surface area (Å²) in [6.07, 6.45) is 0. The second-order valence-corrected chi connectivity index (χ2v) is 8.05. The summed E-state index contributed by atoms with van der Waals surface area (Å²) in [6, 6.07) is 7.83. The fourth-order valence-electron chi connectivity index (χ4n) is 3.17. The molecule has 209 valence electrons. The first-order valence-electron chi connectivity index (χ1n) is 11.3. The van der Waals surface area contributed by atoms with Gasteiger partial charge in [-0.15, -0.1) is 10.2 Å². The average Bonchev–Trinajstić information content (AvgIpc) is 2.91. The predicted octanol–water partition coefficient (Wildman–Crippen LogP) is 4.98. The standard InChI is InChI=1S/C24H27F5N6S2.Cu/c1-5-34(6-2)23(36)32-30-21(14-12-10-9-11-13-14)22(31-33-24(37)35(7-3)8-4)15-16(25)18(27)20(29)19(28)17(15)26;/h9-13H,5-8H2,1-4H3,(H,32,36)(H,33,37);/q;+2/p-2. The van der Waals surface area contributed by atoms with Gasteiger partial charge in [-0.05, 0) is 27.7 Å². The summed E-state index contributed by atoms with van der Waals surface area (Å²) in [6.45, 7) is 9.15. The SMILES string of the molecule is CCN(CC)C([S-])=NN=C(C(=NN=C([S-])N(CC)CC)c1c(F)c(F)c(F)c(F)c1F)c1ccccc1.[Cu+2]. The second kappa shape index (κ2) is 15.7. The van der Waals surface area contributed by atoms with Crippen LogP contribution >= 0.6 is 0 Å². The molecule has 14 heteroatoms. The molecule has 0 fully saturated rings. The Morgan fingerprint density at radius 3 is 1.37 bits per heavy atom. The van der Waals surface area contributed by atoms with Gasteiger partial charge in [0.25, 0.3) is 0 Å². The Kier molecular flexibility index (Phi) is 13.8. The number of benzene rings is 2. The van der Waals surface area contributed by atoms with Gasteiger partial charge in [-0.25, -0.2) is 22.0 Å². The molecular weight excluding hydrogens is 595 g/mol. The summed E-state index contributed by atoms with van der Waals surface area (Å²) in [7, 11) is 0. The van der Waals surface area contributed by atoms with E-state index in [-0.39, 0.29) is 38.7 Å². The zero-order valence-electron chi connectivity index (χ0n) is 20.9. The fraction of sp³-hybridized carbons (Fsp3) is 0.333. The second-order valence-electron chi connectivity index (χ2n) is 7.32. The Balaban J connectivity index is 0.00000722. The van der Waals surface area contributed by atoms with E-state index in [1.54, 1.807) is 41.8 Å². The van der Waals surface area contributed by atoms with Crippen LogP contribution in [-0.2, 0) is 42.3 Å². The van der Waals surface area contributed by atoms with E-state index in [4.69, 9.17) is 25.3 Å². The van der Waals surface area contributed by atoms with Crippen molar-refractivity contribution >= 4 is 47.0 Å². The number of hydrogen-bond donors (Lipinski definition) is 0. The maximum absolute atomic E-state index is 15.0. The van der Waals surface area contributed by atoms with Crippen LogP contribution in [0.5, 0.6) is 0 Å². The van der Waals surface area contributed by atoms with E-state index in [9.17, 15) is 22.0 Å². The first-order chi connectivity index (χ1) is 17.6. The van der Waals surface area contributed by atoms with E-state index in [0.717, 1.165) is 0 Å². The largest absolute Gasteiger partial charge is 2.00 e. The smallest absolute Gasteiger partial charge is 0.741 e. The van der Waals surface area contributed by atoms with Crippen LogP contribution in [0.1, 0.15) is 38.8 Å². The van der Waals surface area contributed by atoms with Gasteiger partial charge < -0.3 is 35.1 Å². The molecule has 0 amide bonds. The molecule has 0 aliphatic heterocycles. The molecule has 0 saturated carbocycles. The van der Waals surface area contributed by atoms with Crippen LogP contribution in [0, 0.1) is 29.1 Å². The quantitative estimate of drug-likeness (QED) is 0.0581. The molecule has 0 unspecified atom stereocenters. The summed E-state index contributed by atoms with van der Waals surface area (Å²) < 4.78 is 72.2. The summed E-state index contributed by atoms with van der Waals surface area (Å²) in [4.78, 5) is 3.28. The summed E-state index contributed by atoms with van der Waals surface area (Å²) in [5.41, 5.74) is -2.21. The van der Waals surface area contributed by atoms with E-state index in [2.05, 4.69) is 20.4 Å². The normalized spacial score (nSPS) is 12.9. The van der Waals surface area contributed by atoms with E-state index in [1.807, 2.05) is 13.8 Å². The van der Waals surface area contributed by atoms with Crippen LogP contribution < -0.4 is 0 Å². The van der Waals surface area contributed by atoms with Crippen molar-refractivity contribution in [3.63, 3.8) is 0 Å². The van der Waals surface area contributed by atoms with E-state index < -0.39 is 40.4 Å². The molecule has 2 aromatic carbocycles. The number of amidine groups is 2. The van der Waals surface area contributed by atoms with Gasteiger partial charge in [-0.2, -0.15) is 10.2 Å². The average molecular weight is 620 g/mol. The Hall–Kier alpha value is -2.67. The summed E-state index contributed by atoms with van der Waals surface area (Å²) in [5, 5.41) is 15.7. The Bertz CT molecular complexity index is 1190. The van der Waals surface area contributed by atoms with E-state index in [1.165, 1.54) is 12.1 Å². The zero-order chi connectivity index (χ0) is 27.7. The molecule has 1 radical (unpaired) electrons. The van der Waals surface area contributed by atoms with Gasteiger partial charge in [-0.3, -0.25) is 0 Å². The molecular formula is C24H25CuF5N6S2. The molecule has 2 rings (SSSR count). The number of rotatable bonds is 9. The minimum Gasteiger partial charge on any atom is -0.741 e. The molecule has 0 saturated heterocycles. The molecule has 0 atom stereocenters. The molecule has 0 aromatic heterocycles. The minimum atomic E-state index is -2.31. The molecule has 2 aromatic rings. The van der Waals surface area contributed by atoms with Gasteiger partial charge in [0.05, 0.1) is 5.56 Å². The maximum Gasteiger partial charge on any atom is 2.00 e. The topological polar surface area (TPSA) is 55.9 Å².